The van der Waals surface area contributed by atoms with Crippen molar-refractivity contribution < 1.29 is 0 Å². The van der Waals surface area contributed by atoms with Crippen LogP contribution in [0.25, 0.3) is 0 Å². The normalized spacial score (nSPS) is 29.8. The van der Waals surface area contributed by atoms with E-state index in [2.05, 4.69) is 41.2 Å². The predicted molar refractivity (Wildman–Crippen MR) is 79.4 cm³/mol. The highest BCUT2D eigenvalue weighted by atomic mass is 79.9. The zero-order valence-corrected chi connectivity index (χ0v) is 13.1. The van der Waals surface area contributed by atoms with E-state index in [-0.39, 0.29) is 5.54 Å². The Morgan fingerprint density at radius 3 is 2.94 bits per heavy atom. The van der Waals surface area contributed by atoms with Crippen molar-refractivity contribution >= 4 is 27.3 Å². The van der Waals surface area contributed by atoms with Gasteiger partial charge < -0.3 is 5.73 Å². The first-order valence-electron chi connectivity index (χ1n) is 6.50. The van der Waals surface area contributed by atoms with E-state index in [1.54, 1.807) is 0 Å². The second kappa shape index (κ2) is 5.41. The van der Waals surface area contributed by atoms with Gasteiger partial charge in [-0.25, -0.2) is 0 Å². The molecule has 1 saturated carbocycles. The number of hydrogen-bond acceptors (Lipinski definition) is 2. The lowest BCUT2D eigenvalue weighted by Gasteiger charge is -2.39. The Kier molecular flexibility index (Phi) is 4.32. The van der Waals surface area contributed by atoms with E-state index in [9.17, 15) is 0 Å². The highest BCUT2D eigenvalue weighted by Gasteiger charge is 2.34. The second-order valence-corrected chi connectivity index (χ2v) is 7.78. The van der Waals surface area contributed by atoms with Gasteiger partial charge in [0.05, 0.1) is 0 Å². The molecule has 0 saturated heterocycles. The van der Waals surface area contributed by atoms with Crippen LogP contribution in [0.15, 0.2) is 15.9 Å². The molecule has 0 aromatic carbocycles. The van der Waals surface area contributed by atoms with Crippen molar-refractivity contribution in [1.29, 1.82) is 0 Å². The topological polar surface area (TPSA) is 26.0 Å². The summed E-state index contributed by atoms with van der Waals surface area (Å²) in [5.41, 5.74) is 6.66. The molecule has 2 N–H and O–H groups in total. The van der Waals surface area contributed by atoms with Crippen molar-refractivity contribution in [3.05, 3.63) is 20.8 Å². The minimum absolute atomic E-state index is 0.0392. The minimum atomic E-state index is 0.0392. The lowest BCUT2D eigenvalue weighted by molar-refractivity contribution is 0.183. The van der Waals surface area contributed by atoms with Crippen LogP contribution in [0.3, 0.4) is 0 Å². The van der Waals surface area contributed by atoms with Crippen molar-refractivity contribution in [3.63, 3.8) is 0 Å². The van der Waals surface area contributed by atoms with Crippen molar-refractivity contribution in [2.45, 2.75) is 51.5 Å². The molecule has 0 spiro atoms. The van der Waals surface area contributed by atoms with Gasteiger partial charge in [-0.3, -0.25) is 0 Å². The van der Waals surface area contributed by atoms with Gasteiger partial charge in [0.2, 0.25) is 0 Å². The largest absolute Gasteiger partial charge is 0.325 e. The van der Waals surface area contributed by atoms with Crippen molar-refractivity contribution in [2.75, 3.05) is 0 Å². The fourth-order valence-corrected chi connectivity index (χ4v) is 4.57. The lowest BCUT2D eigenvalue weighted by atomic mass is 9.71. The molecule has 0 aliphatic heterocycles. The third-order valence-corrected chi connectivity index (χ3v) is 5.71. The summed E-state index contributed by atoms with van der Waals surface area (Å²) in [4.78, 5) is 1.42. The molecule has 1 aromatic rings. The van der Waals surface area contributed by atoms with Gasteiger partial charge in [-0.2, -0.15) is 0 Å². The Morgan fingerprint density at radius 2 is 2.35 bits per heavy atom. The summed E-state index contributed by atoms with van der Waals surface area (Å²) in [7, 11) is 0. The molecule has 3 heteroatoms. The Labute approximate surface area is 117 Å². The first kappa shape index (κ1) is 13.6. The Morgan fingerprint density at radius 1 is 1.59 bits per heavy atom. The minimum Gasteiger partial charge on any atom is -0.325 e. The van der Waals surface area contributed by atoms with E-state index in [1.807, 2.05) is 11.3 Å². The van der Waals surface area contributed by atoms with Gasteiger partial charge in [0, 0.05) is 20.3 Å². The maximum atomic E-state index is 6.62. The zero-order chi connectivity index (χ0) is 12.5. The Hall–Kier alpha value is 0.140. The van der Waals surface area contributed by atoms with Crippen molar-refractivity contribution in [2.24, 2.45) is 17.6 Å². The highest BCUT2D eigenvalue weighted by Crippen LogP contribution is 2.37. The van der Waals surface area contributed by atoms with Gasteiger partial charge in [-0.15, -0.1) is 11.3 Å². The monoisotopic (exact) mass is 315 g/mol. The summed E-state index contributed by atoms with van der Waals surface area (Å²) in [6.07, 6.45) is 6.09. The smallest absolute Gasteiger partial charge is 0.0285 e. The molecule has 17 heavy (non-hydrogen) atoms. The summed E-state index contributed by atoms with van der Waals surface area (Å²) in [6, 6.07) is 2.22. The van der Waals surface area contributed by atoms with Crippen LogP contribution in [0.4, 0.5) is 0 Å². The number of nitrogens with two attached hydrogens (primary N) is 1. The van der Waals surface area contributed by atoms with Crippen LogP contribution in [-0.2, 0) is 6.42 Å². The third-order valence-electron chi connectivity index (χ3n) is 4.01. The molecule has 96 valence electrons. The molecule has 1 aliphatic rings. The fourth-order valence-electron chi connectivity index (χ4n) is 2.97. The van der Waals surface area contributed by atoms with Crippen LogP contribution in [0.5, 0.6) is 0 Å². The van der Waals surface area contributed by atoms with E-state index in [0.29, 0.717) is 0 Å². The number of hydrogen-bond donors (Lipinski definition) is 1. The molecular weight excluding hydrogens is 294 g/mol. The van der Waals surface area contributed by atoms with Gasteiger partial charge in [0.1, 0.15) is 0 Å². The first-order chi connectivity index (χ1) is 7.98. The van der Waals surface area contributed by atoms with Gasteiger partial charge in [0.25, 0.3) is 0 Å². The molecule has 1 aromatic heterocycles. The summed E-state index contributed by atoms with van der Waals surface area (Å²) < 4.78 is 1.19. The second-order valence-electron chi connectivity index (χ2n) is 5.87. The quantitative estimate of drug-likeness (QED) is 0.867. The van der Waals surface area contributed by atoms with Gasteiger partial charge in [-0.1, -0.05) is 26.7 Å². The van der Waals surface area contributed by atoms with E-state index in [0.717, 1.165) is 18.3 Å². The number of thiophene rings is 1. The lowest BCUT2D eigenvalue weighted by Crippen LogP contribution is -2.46. The molecule has 0 amide bonds. The molecule has 1 aliphatic carbocycles. The molecule has 1 heterocycles. The molecule has 0 bridgehead atoms. The van der Waals surface area contributed by atoms with Crippen LogP contribution in [0.2, 0.25) is 0 Å². The summed E-state index contributed by atoms with van der Waals surface area (Å²) in [5.74, 6) is 1.59. The predicted octanol–water partition coefficient (Wildman–Crippen LogP) is 4.60. The van der Waals surface area contributed by atoms with Crippen LogP contribution >= 0.6 is 27.3 Å². The standard InChI is InChI=1S/C14H22BrNS/c1-10(2)11-4-3-5-14(16,7-11)8-13-6-12(15)9-17-13/h6,9-11H,3-5,7-8,16H2,1-2H3. The summed E-state index contributed by atoms with van der Waals surface area (Å²) in [6.45, 7) is 4.66. The molecule has 2 unspecified atom stereocenters. The van der Waals surface area contributed by atoms with Crippen LogP contribution in [-0.4, -0.2) is 5.54 Å². The molecular formula is C14H22BrNS. The van der Waals surface area contributed by atoms with E-state index >= 15 is 0 Å². The first-order valence-corrected chi connectivity index (χ1v) is 8.17. The molecule has 2 rings (SSSR count). The average molecular weight is 316 g/mol. The van der Waals surface area contributed by atoms with Crippen LogP contribution in [0.1, 0.15) is 44.4 Å². The fraction of sp³-hybridized carbons (Fsp3) is 0.714. The average Bonchev–Trinajstić information content (AvgIpc) is 2.63. The Balaban J connectivity index is 2.03. The Bertz CT molecular complexity index is 374. The van der Waals surface area contributed by atoms with Crippen LogP contribution < -0.4 is 5.73 Å². The summed E-state index contributed by atoms with van der Waals surface area (Å²) >= 11 is 5.34. The molecule has 2 atom stereocenters. The SMILES string of the molecule is CC(C)C1CCCC(N)(Cc2cc(Br)cs2)C1. The van der Waals surface area contributed by atoms with Crippen molar-refractivity contribution in [3.8, 4) is 0 Å². The molecule has 0 radical (unpaired) electrons. The van der Waals surface area contributed by atoms with Crippen molar-refractivity contribution in [1.82, 2.24) is 0 Å². The van der Waals surface area contributed by atoms with Gasteiger partial charge in [0.15, 0.2) is 0 Å². The highest BCUT2D eigenvalue weighted by molar-refractivity contribution is 9.10. The van der Waals surface area contributed by atoms with Gasteiger partial charge in [-0.05, 0) is 53.1 Å². The molecule has 1 fully saturated rings. The van der Waals surface area contributed by atoms with E-state index < -0.39 is 0 Å². The maximum Gasteiger partial charge on any atom is 0.0285 e. The number of rotatable bonds is 3. The molecule has 1 nitrogen and oxygen atoms in total. The van der Waals surface area contributed by atoms with E-state index in [1.165, 1.54) is 35.0 Å². The third kappa shape index (κ3) is 3.55. The van der Waals surface area contributed by atoms with E-state index in [4.69, 9.17) is 5.73 Å². The summed E-state index contributed by atoms with van der Waals surface area (Å²) in [5, 5.41) is 2.15. The maximum absolute atomic E-state index is 6.62. The van der Waals surface area contributed by atoms with Gasteiger partial charge >= 0.3 is 0 Å². The number of halogens is 1. The zero-order valence-electron chi connectivity index (χ0n) is 10.7. The van der Waals surface area contributed by atoms with Crippen LogP contribution in [0, 0.1) is 11.8 Å².